The van der Waals surface area contributed by atoms with E-state index in [1.54, 1.807) is 61.5 Å². The second-order valence-electron chi connectivity index (χ2n) is 28.8. The molecular formula is C90H119N11O12S2. The summed E-state index contributed by atoms with van der Waals surface area (Å²) < 4.78 is 53.7. The molecule has 0 unspecified atom stereocenters. The number of rotatable bonds is 21. The van der Waals surface area contributed by atoms with Crippen LogP contribution in [-0.4, -0.2) is 71.8 Å². The fourth-order valence-electron chi connectivity index (χ4n) is 10.2. The van der Waals surface area contributed by atoms with Gasteiger partial charge in [0, 0.05) is 74.1 Å². The number of hydrogen-bond acceptors (Lipinski definition) is 12. The van der Waals surface area contributed by atoms with Crippen molar-refractivity contribution < 1.29 is 55.1 Å². The number of carbonyl (C=O) groups is 7. The highest BCUT2D eigenvalue weighted by Gasteiger charge is 2.16. The van der Waals surface area contributed by atoms with E-state index in [0.29, 0.717) is 83.0 Å². The van der Waals surface area contributed by atoms with Crippen molar-refractivity contribution in [2.24, 2.45) is 5.14 Å². The molecule has 0 fully saturated rings. The standard InChI is InChI=1S/C16H18N2O.C15H17NO2S.2C13H18N2O2.C12H18N2O.C12H17NO2.C9H13NO2S/c1-12(2)13-7-6-10-15(11-13)18-16(19)17-14-8-4-3-5-9-14;1-12(2)13-7-6-8-14(11-13)16-19(17,18)15-9-4-3-5-10-15;1-8(2)11-5-12(14-9(3)16)7-13(6-11)15-10(4)17;1-8(2)11-5-6-12(14-9(3)16)13(7-11)15-10(4)17;1-4-13-12(15)14-11-7-5-6-10(8-11)9(2)3;1-4-15-12(14)13-11-7-5-6-10(8-11)9(2)3;1-7(2)8-4-3-5-9(6-8)13(10,11)12/h3-12H,1-2H3,(H2,17,18,19);3-12,16H,1-2H3;2*5-8H,1-4H3,(H,14,16)(H,15,17);5-9H,4H2,1-3H3,(H2,13,14,15);5-9H,4H2,1-3H3,(H,13,14);3-7H,1-2H3,(H2,10,11,12). The summed E-state index contributed by atoms with van der Waals surface area (Å²) in [5, 5.41) is 29.6. The summed E-state index contributed by atoms with van der Waals surface area (Å²) in [6.07, 6.45) is -0.404. The fourth-order valence-corrected chi connectivity index (χ4v) is 11.9. The first-order valence-electron chi connectivity index (χ1n) is 38.2. The summed E-state index contributed by atoms with van der Waals surface area (Å²) >= 11 is 0. The number of nitrogens with two attached hydrogens (primary N) is 1. The molecule has 25 heteroatoms. The maximum absolute atomic E-state index is 12.2. The van der Waals surface area contributed by atoms with E-state index >= 15 is 0 Å². The number of carbonyl (C=O) groups excluding carboxylic acids is 7. The molecule has 0 bridgehead atoms. The van der Waals surface area contributed by atoms with E-state index in [4.69, 9.17) is 9.88 Å². The number of amides is 9. The van der Waals surface area contributed by atoms with Crippen molar-refractivity contribution in [1.82, 2.24) is 5.32 Å². The van der Waals surface area contributed by atoms with Gasteiger partial charge in [-0.15, -0.1) is 0 Å². The predicted octanol–water partition coefficient (Wildman–Crippen LogP) is 21.3. The quantitative estimate of drug-likeness (QED) is 0.0320. The van der Waals surface area contributed by atoms with Gasteiger partial charge in [-0.05, 0) is 209 Å². The molecule has 0 saturated carbocycles. The van der Waals surface area contributed by atoms with E-state index in [9.17, 15) is 50.4 Å². The van der Waals surface area contributed by atoms with E-state index in [-0.39, 0.29) is 45.5 Å². The van der Waals surface area contributed by atoms with Gasteiger partial charge in [0.2, 0.25) is 33.7 Å². The van der Waals surface area contributed by atoms with Gasteiger partial charge >= 0.3 is 18.2 Å². The molecule has 0 aliphatic carbocycles. The van der Waals surface area contributed by atoms with Crippen LogP contribution in [0.25, 0.3) is 0 Å². The molecule has 0 heterocycles. The number of ether oxygens (including phenoxy) is 1. The molecule has 9 rings (SSSR count). The second-order valence-corrected chi connectivity index (χ2v) is 32.0. The molecule has 23 nitrogen and oxygen atoms in total. The van der Waals surface area contributed by atoms with Gasteiger partial charge in [-0.2, -0.15) is 0 Å². The van der Waals surface area contributed by atoms with E-state index < -0.39 is 26.1 Å². The molecule has 0 radical (unpaired) electrons. The average Bonchev–Trinajstić information content (AvgIpc) is 0.797. The number of benzene rings is 9. The monoisotopic (exact) mass is 1610 g/mol. The molecular weight excluding hydrogens is 1490 g/mol. The Balaban J connectivity index is 0.000000348. The van der Waals surface area contributed by atoms with E-state index in [1.165, 1.54) is 50.5 Å². The van der Waals surface area contributed by atoms with Gasteiger partial charge in [0.05, 0.1) is 27.8 Å². The van der Waals surface area contributed by atoms with Crippen molar-refractivity contribution in [2.75, 3.05) is 60.4 Å². The summed E-state index contributed by atoms with van der Waals surface area (Å²) in [6, 6.07) is 66.3. The normalized spacial score (nSPS) is 10.6. The highest BCUT2D eigenvalue weighted by atomic mass is 32.2. The Hall–Kier alpha value is -11.7. The Morgan fingerprint density at radius 3 is 1.04 bits per heavy atom. The molecule has 9 amide bonds. The summed E-state index contributed by atoms with van der Waals surface area (Å²) in [6.45, 7) is 39.7. The molecule has 0 saturated heterocycles. The van der Waals surface area contributed by atoms with Gasteiger partial charge in [0.15, 0.2) is 0 Å². The lowest BCUT2D eigenvalue weighted by Gasteiger charge is -2.14. The molecule has 0 atom stereocenters. The summed E-state index contributed by atoms with van der Waals surface area (Å²) in [5.41, 5.74) is 14.4. The Morgan fingerprint density at radius 1 is 0.313 bits per heavy atom. The molecule has 115 heavy (non-hydrogen) atoms. The predicted molar refractivity (Wildman–Crippen MR) is 472 cm³/mol. The number of anilines is 9. The lowest BCUT2D eigenvalue weighted by Crippen LogP contribution is -2.28. The number of sulfonamides is 2. The van der Waals surface area contributed by atoms with Gasteiger partial charge in [0.1, 0.15) is 0 Å². The van der Waals surface area contributed by atoms with Crippen molar-refractivity contribution in [3.05, 3.63) is 257 Å². The zero-order valence-corrected chi connectivity index (χ0v) is 71.7. The maximum atomic E-state index is 12.2. The van der Waals surface area contributed by atoms with Gasteiger partial charge in [-0.3, -0.25) is 29.2 Å². The van der Waals surface area contributed by atoms with E-state index in [1.807, 2.05) is 166 Å². The van der Waals surface area contributed by atoms with Crippen molar-refractivity contribution in [3.8, 4) is 0 Å². The zero-order valence-electron chi connectivity index (χ0n) is 70.0. The first kappa shape index (κ1) is 97.5. The van der Waals surface area contributed by atoms with Crippen LogP contribution in [0.3, 0.4) is 0 Å². The molecule has 0 aliphatic rings. The minimum absolute atomic E-state index is 0.125. The number of urea groups is 2. The van der Waals surface area contributed by atoms with E-state index in [2.05, 4.69) is 148 Å². The van der Waals surface area contributed by atoms with Crippen LogP contribution in [-0.2, 0) is 44.0 Å². The van der Waals surface area contributed by atoms with Crippen LogP contribution in [0.5, 0.6) is 0 Å². The van der Waals surface area contributed by atoms with Crippen LogP contribution in [0.2, 0.25) is 0 Å². The molecule has 0 aliphatic heterocycles. The Kier molecular flexibility index (Phi) is 42.2. The third kappa shape index (κ3) is 39.1. The number of para-hydroxylation sites is 1. The number of nitrogens with one attached hydrogen (secondary N) is 10. The Labute approximate surface area is 682 Å². The second kappa shape index (κ2) is 49.7. The van der Waals surface area contributed by atoms with Crippen molar-refractivity contribution >= 4 is 113 Å². The maximum Gasteiger partial charge on any atom is 0.411 e. The van der Waals surface area contributed by atoms with Crippen molar-refractivity contribution in [1.29, 1.82) is 0 Å². The van der Waals surface area contributed by atoms with Crippen molar-refractivity contribution in [2.45, 2.75) is 190 Å². The van der Waals surface area contributed by atoms with Crippen LogP contribution >= 0.6 is 0 Å². The minimum atomic E-state index is -3.56. The summed E-state index contributed by atoms with van der Waals surface area (Å²) in [7, 11) is -7.06. The number of primary sulfonamides is 1. The van der Waals surface area contributed by atoms with Crippen LogP contribution in [0.15, 0.2) is 228 Å². The van der Waals surface area contributed by atoms with Gasteiger partial charge in [0.25, 0.3) is 10.0 Å². The SMILES string of the molecule is CC(=O)Nc1cc(NC(C)=O)cc(C(C)C)c1.CC(=O)Nc1ccc(C(C)C)cc1NC(C)=O.CC(C)c1cccc(NC(=O)Nc2ccccc2)c1.CC(C)c1cccc(NS(=O)(=O)c2ccccc2)c1.CC(C)c1cccc(S(N)(=O)=O)c1.CCNC(=O)Nc1cccc(C(C)C)c1.CCOC(=O)Nc1cccc(C(C)C)c1. The highest BCUT2D eigenvalue weighted by Crippen LogP contribution is 2.29. The topological polar surface area (TPSA) is 343 Å². The molecule has 12 N–H and O–H groups in total. The van der Waals surface area contributed by atoms with Crippen LogP contribution in [0.1, 0.15) is 219 Å². The third-order valence-corrected chi connectivity index (χ3v) is 18.7. The van der Waals surface area contributed by atoms with Crippen LogP contribution < -0.4 is 57.7 Å². The molecule has 618 valence electrons. The first-order valence-corrected chi connectivity index (χ1v) is 41.2. The first-order chi connectivity index (χ1) is 54.1. The molecule has 9 aromatic rings. The Bertz CT molecular complexity index is 4720. The molecule has 0 spiro atoms. The molecule has 0 aromatic heterocycles. The van der Waals surface area contributed by atoms with Gasteiger partial charge in [-0.25, -0.2) is 36.4 Å². The van der Waals surface area contributed by atoms with Crippen LogP contribution in [0, 0.1) is 0 Å². The van der Waals surface area contributed by atoms with Crippen molar-refractivity contribution in [3.63, 3.8) is 0 Å². The molecule has 9 aromatic carbocycles. The zero-order chi connectivity index (χ0) is 86.1. The van der Waals surface area contributed by atoms with Gasteiger partial charge < -0.3 is 47.3 Å². The smallest absolute Gasteiger partial charge is 0.411 e. The largest absolute Gasteiger partial charge is 0.450 e. The average molecular weight is 1610 g/mol. The summed E-state index contributed by atoms with van der Waals surface area (Å²) in [4.78, 5) is 78.9. The lowest BCUT2D eigenvalue weighted by molar-refractivity contribution is -0.115. The van der Waals surface area contributed by atoms with E-state index in [0.717, 1.165) is 45.0 Å². The minimum Gasteiger partial charge on any atom is -0.450 e. The summed E-state index contributed by atoms with van der Waals surface area (Å²) in [5.74, 6) is 2.17. The van der Waals surface area contributed by atoms with Crippen LogP contribution in [0.4, 0.5) is 65.6 Å². The highest BCUT2D eigenvalue weighted by molar-refractivity contribution is 7.92. The number of hydrogen-bond donors (Lipinski definition) is 11. The Morgan fingerprint density at radius 2 is 0.643 bits per heavy atom. The lowest BCUT2D eigenvalue weighted by atomic mass is 10.0. The third-order valence-electron chi connectivity index (χ3n) is 16.4. The van der Waals surface area contributed by atoms with Gasteiger partial charge in [-0.1, -0.05) is 200 Å². The fraction of sp³-hybridized carbons (Fsp3) is 0.322.